The molecule has 2 atom stereocenters. The average molecular weight is 357 g/mol. The maximum absolute atomic E-state index is 12.5. The van der Waals surface area contributed by atoms with Crippen LogP contribution in [0.25, 0.3) is 0 Å². The molecule has 0 spiro atoms. The number of nitrogens with one attached hydrogen (secondary N) is 2. The van der Waals surface area contributed by atoms with Crippen molar-refractivity contribution in [1.82, 2.24) is 20.4 Å². The number of methoxy groups -OCH3 is 1. The van der Waals surface area contributed by atoms with Gasteiger partial charge in [0.2, 0.25) is 5.91 Å². The Bertz CT molecular complexity index is 745. The van der Waals surface area contributed by atoms with E-state index in [0.717, 1.165) is 36.5 Å². The van der Waals surface area contributed by atoms with Crippen molar-refractivity contribution >= 4 is 11.6 Å². The van der Waals surface area contributed by atoms with Gasteiger partial charge in [-0.1, -0.05) is 12.1 Å². The van der Waals surface area contributed by atoms with Crippen LogP contribution in [0.2, 0.25) is 0 Å². The van der Waals surface area contributed by atoms with Crippen molar-refractivity contribution in [2.75, 3.05) is 38.7 Å². The van der Waals surface area contributed by atoms with E-state index >= 15 is 0 Å². The lowest BCUT2D eigenvalue weighted by Gasteiger charge is -2.21. The molecule has 2 aromatic rings. The van der Waals surface area contributed by atoms with Gasteiger partial charge >= 0.3 is 0 Å². The third kappa shape index (κ3) is 3.99. The van der Waals surface area contributed by atoms with Gasteiger partial charge in [-0.2, -0.15) is 5.10 Å². The van der Waals surface area contributed by atoms with E-state index in [1.54, 1.807) is 25.0 Å². The summed E-state index contributed by atoms with van der Waals surface area (Å²) in [5, 5.41) is 10.3. The lowest BCUT2D eigenvalue weighted by molar-refractivity contribution is -0.123. The molecule has 1 fully saturated rings. The van der Waals surface area contributed by atoms with Crippen LogP contribution in [0.15, 0.2) is 36.7 Å². The topological polar surface area (TPSA) is 71.4 Å². The highest BCUT2D eigenvalue weighted by Gasteiger charge is 2.26. The van der Waals surface area contributed by atoms with Gasteiger partial charge in [0, 0.05) is 38.4 Å². The van der Waals surface area contributed by atoms with Crippen LogP contribution in [0, 0.1) is 5.92 Å². The van der Waals surface area contributed by atoms with Gasteiger partial charge in [0.15, 0.2) is 0 Å². The van der Waals surface area contributed by atoms with E-state index < -0.39 is 0 Å². The van der Waals surface area contributed by atoms with E-state index in [-0.39, 0.29) is 11.9 Å². The van der Waals surface area contributed by atoms with Gasteiger partial charge in [0.1, 0.15) is 11.8 Å². The summed E-state index contributed by atoms with van der Waals surface area (Å²) >= 11 is 0. The number of amides is 1. The van der Waals surface area contributed by atoms with Gasteiger partial charge in [-0.15, -0.1) is 0 Å². The van der Waals surface area contributed by atoms with Gasteiger partial charge in [-0.05, 0) is 31.5 Å². The Kier molecular flexibility index (Phi) is 5.78. The molecule has 2 N–H and O–H groups in total. The monoisotopic (exact) mass is 357 g/mol. The molecule has 1 aliphatic rings. The quantitative estimate of drug-likeness (QED) is 0.782. The molecule has 1 saturated heterocycles. The first kappa shape index (κ1) is 18.3. The molecule has 7 nitrogen and oxygen atoms in total. The number of rotatable bonds is 7. The van der Waals surface area contributed by atoms with E-state index in [4.69, 9.17) is 4.74 Å². The number of anilines is 1. The van der Waals surface area contributed by atoms with E-state index in [0.29, 0.717) is 12.5 Å². The number of carbonyl (C=O) groups excluding carboxylic acids is 1. The number of aryl methyl sites for hydroxylation is 1. The number of nitrogens with zero attached hydrogens (tertiary/aromatic N) is 3. The second kappa shape index (κ2) is 8.23. The first-order chi connectivity index (χ1) is 12.6. The third-order valence-electron chi connectivity index (χ3n) is 4.89. The van der Waals surface area contributed by atoms with Crippen LogP contribution in [0.4, 0.5) is 5.69 Å². The summed E-state index contributed by atoms with van der Waals surface area (Å²) in [6.07, 6.45) is 4.63. The van der Waals surface area contributed by atoms with E-state index in [1.165, 1.54) is 0 Å². The molecule has 7 heteroatoms. The van der Waals surface area contributed by atoms with Crippen molar-refractivity contribution in [2.45, 2.75) is 12.5 Å². The fourth-order valence-corrected chi connectivity index (χ4v) is 3.49. The first-order valence-corrected chi connectivity index (χ1v) is 8.94. The molecule has 26 heavy (non-hydrogen) atoms. The number of para-hydroxylation sites is 2. The summed E-state index contributed by atoms with van der Waals surface area (Å²) in [6.45, 7) is 2.56. The van der Waals surface area contributed by atoms with Gasteiger partial charge in [0.25, 0.3) is 0 Å². The number of hydrogen-bond acceptors (Lipinski definition) is 5. The van der Waals surface area contributed by atoms with Crippen LogP contribution in [0.1, 0.15) is 18.0 Å². The third-order valence-corrected chi connectivity index (χ3v) is 4.89. The zero-order valence-corrected chi connectivity index (χ0v) is 15.6. The molecule has 0 radical (unpaired) electrons. The van der Waals surface area contributed by atoms with Crippen molar-refractivity contribution in [1.29, 1.82) is 0 Å². The van der Waals surface area contributed by atoms with Crippen molar-refractivity contribution in [3.8, 4) is 5.75 Å². The second-order valence-corrected chi connectivity index (χ2v) is 6.69. The zero-order chi connectivity index (χ0) is 18.5. The minimum Gasteiger partial charge on any atom is -0.495 e. The van der Waals surface area contributed by atoms with Crippen molar-refractivity contribution < 1.29 is 9.53 Å². The molecular formula is C19H27N5O2. The molecule has 0 saturated carbocycles. The SMILES string of the molecule is CNC(C(=O)NCC1CCN(c2ccccc2OC)C1)c1cnn(C)c1. The van der Waals surface area contributed by atoms with E-state index in [2.05, 4.69) is 26.7 Å². The molecule has 1 aliphatic heterocycles. The molecule has 2 heterocycles. The number of likely N-dealkylation sites (N-methyl/N-ethyl adjacent to an activating group) is 1. The smallest absolute Gasteiger partial charge is 0.241 e. The molecule has 1 aromatic heterocycles. The Morgan fingerprint density at radius 1 is 1.42 bits per heavy atom. The molecule has 140 valence electrons. The zero-order valence-electron chi connectivity index (χ0n) is 15.6. The van der Waals surface area contributed by atoms with Crippen LogP contribution >= 0.6 is 0 Å². The largest absolute Gasteiger partial charge is 0.495 e. The Morgan fingerprint density at radius 3 is 2.92 bits per heavy atom. The lowest BCUT2D eigenvalue weighted by Crippen LogP contribution is -2.38. The summed E-state index contributed by atoms with van der Waals surface area (Å²) in [6, 6.07) is 7.69. The Morgan fingerprint density at radius 2 is 2.23 bits per heavy atom. The number of hydrogen-bond donors (Lipinski definition) is 2. The van der Waals surface area contributed by atoms with Gasteiger partial charge in [-0.25, -0.2) is 0 Å². The molecular weight excluding hydrogens is 330 g/mol. The highest BCUT2D eigenvalue weighted by atomic mass is 16.5. The molecule has 2 unspecified atom stereocenters. The number of benzene rings is 1. The lowest BCUT2D eigenvalue weighted by atomic mass is 10.1. The van der Waals surface area contributed by atoms with E-state index in [9.17, 15) is 4.79 Å². The van der Waals surface area contributed by atoms with Crippen molar-refractivity contribution in [3.05, 3.63) is 42.2 Å². The molecule has 3 rings (SSSR count). The summed E-state index contributed by atoms with van der Waals surface area (Å²) in [5.41, 5.74) is 1.99. The van der Waals surface area contributed by atoms with Gasteiger partial charge in [-0.3, -0.25) is 9.48 Å². The summed E-state index contributed by atoms with van der Waals surface area (Å²) in [5.74, 6) is 1.30. The number of carbonyl (C=O) groups is 1. The Hall–Kier alpha value is -2.54. The molecule has 1 amide bonds. The Labute approximate surface area is 154 Å². The van der Waals surface area contributed by atoms with Gasteiger partial charge < -0.3 is 20.3 Å². The van der Waals surface area contributed by atoms with Gasteiger partial charge in [0.05, 0.1) is 19.0 Å². The maximum atomic E-state index is 12.5. The molecule has 0 bridgehead atoms. The van der Waals surface area contributed by atoms with Crippen LogP contribution in [0.3, 0.4) is 0 Å². The van der Waals surface area contributed by atoms with E-state index in [1.807, 2.05) is 31.4 Å². The summed E-state index contributed by atoms with van der Waals surface area (Å²) in [4.78, 5) is 14.9. The van der Waals surface area contributed by atoms with Crippen LogP contribution in [0.5, 0.6) is 5.75 Å². The minimum absolute atomic E-state index is 0.0174. The fraction of sp³-hybridized carbons (Fsp3) is 0.474. The van der Waals surface area contributed by atoms with Crippen molar-refractivity contribution in [3.63, 3.8) is 0 Å². The minimum atomic E-state index is -0.379. The average Bonchev–Trinajstić information content (AvgIpc) is 3.30. The maximum Gasteiger partial charge on any atom is 0.241 e. The normalized spacial score (nSPS) is 18.0. The number of ether oxygens (including phenoxy) is 1. The van der Waals surface area contributed by atoms with Crippen LogP contribution < -0.4 is 20.3 Å². The molecule has 0 aliphatic carbocycles. The predicted molar refractivity (Wildman–Crippen MR) is 101 cm³/mol. The summed E-state index contributed by atoms with van der Waals surface area (Å²) < 4.78 is 7.16. The highest BCUT2D eigenvalue weighted by Crippen LogP contribution is 2.31. The predicted octanol–water partition coefficient (Wildman–Crippen LogP) is 1.33. The van der Waals surface area contributed by atoms with Crippen LogP contribution in [-0.2, 0) is 11.8 Å². The first-order valence-electron chi connectivity index (χ1n) is 8.94. The standard InChI is InChI=1S/C19H27N5O2/c1-20-18(15-11-22-23(2)13-15)19(25)21-10-14-8-9-24(12-14)16-6-4-5-7-17(16)26-3/h4-7,11,13-14,18,20H,8-10,12H2,1-3H3,(H,21,25). The number of aromatic nitrogens is 2. The summed E-state index contributed by atoms with van der Waals surface area (Å²) in [7, 11) is 5.33. The van der Waals surface area contributed by atoms with Crippen LogP contribution in [-0.4, -0.2) is 49.5 Å². The molecule has 1 aromatic carbocycles. The Balaban J connectivity index is 1.55. The highest BCUT2D eigenvalue weighted by molar-refractivity contribution is 5.83. The second-order valence-electron chi connectivity index (χ2n) is 6.69. The fourth-order valence-electron chi connectivity index (χ4n) is 3.49. The van der Waals surface area contributed by atoms with Crippen molar-refractivity contribution in [2.24, 2.45) is 13.0 Å².